The van der Waals surface area contributed by atoms with Gasteiger partial charge < -0.3 is 20.6 Å². The molecular weight excluding hydrogens is 302 g/mol. The standard InChI is InChI=1S/C16H13NO6/c18-13-6-5-10(8-12(13)16(22)23)17-14(19)7-9-3-1-2-4-11(9)15(20)21/h1-6,8,18H,7H2,(H,17,19)(H,20,21)(H,22,23). The van der Waals surface area contributed by atoms with Crippen LogP contribution in [0.4, 0.5) is 5.69 Å². The summed E-state index contributed by atoms with van der Waals surface area (Å²) in [6.45, 7) is 0. The van der Waals surface area contributed by atoms with E-state index in [-0.39, 0.29) is 23.2 Å². The maximum Gasteiger partial charge on any atom is 0.339 e. The average Bonchev–Trinajstić information content (AvgIpc) is 2.49. The highest BCUT2D eigenvalue weighted by Gasteiger charge is 2.14. The van der Waals surface area contributed by atoms with Crippen LogP contribution in [0.5, 0.6) is 5.75 Å². The van der Waals surface area contributed by atoms with E-state index < -0.39 is 23.6 Å². The van der Waals surface area contributed by atoms with Gasteiger partial charge >= 0.3 is 11.9 Å². The Morgan fingerprint density at radius 2 is 1.57 bits per heavy atom. The Kier molecular flexibility index (Phi) is 4.61. The summed E-state index contributed by atoms with van der Waals surface area (Å²) in [5, 5.41) is 29.9. The van der Waals surface area contributed by atoms with Gasteiger partial charge in [0.15, 0.2) is 0 Å². The number of aromatic hydroxyl groups is 1. The van der Waals surface area contributed by atoms with E-state index in [1.807, 2.05) is 0 Å². The lowest BCUT2D eigenvalue weighted by Gasteiger charge is -2.09. The Hall–Kier alpha value is -3.35. The number of carboxylic acids is 2. The number of aromatic carboxylic acids is 2. The van der Waals surface area contributed by atoms with Crippen molar-refractivity contribution in [1.82, 2.24) is 0 Å². The van der Waals surface area contributed by atoms with Gasteiger partial charge in [-0.1, -0.05) is 18.2 Å². The number of anilines is 1. The lowest BCUT2D eigenvalue weighted by molar-refractivity contribution is -0.115. The molecule has 0 radical (unpaired) electrons. The van der Waals surface area contributed by atoms with E-state index >= 15 is 0 Å². The van der Waals surface area contributed by atoms with E-state index in [1.165, 1.54) is 18.2 Å². The van der Waals surface area contributed by atoms with E-state index in [9.17, 15) is 19.5 Å². The molecular formula is C16H13NO6. The molecule has 2 aromatic rings. The van der Waals surface area contributed by atoms with Crippen molar-refractivity contribution in [2.45, 2.75) is 6.42 Å². The second kappa shape index (κ2) is 6.61. The predicted octanol–water partition coefficient (Wildman–Crippen LogP) is 1.97. The minimum absolute atomic E-state index is 0.0274. The molecule has 0 spiro atoms. The van der Waals surface area contributed by atoms with Crippen LogP contribution in [0.15, 0.2) is 42.5 Å². The minimum Gasteiger partial charge on any atom is -0.507 e. The molecule has 7 nitrogen and oxygen atoms in total. The Labute approximate surface area is 130 Å². The molecule has 0 unspecified atom stereocenters. The zero-order valence-corrected chi connectivity index (χ0v) is 11.8. The molecule has 0 saturated heterocycles. The van der Waals surface area contributed by atoms with Crippen molar-refractivity contribution in [3.05, 3.63) is 59.2 Å². The number of hydrogen-bond donors (Lipinski definition) is 4. The molecule has 1 amide bonds. The van der Waals surface area contributed by atoms with Gasteiger partial charge in [-0.05, 0) is 29.8 Å². The molecule has 7 heteroatoms. The van der Waals surface area contributed by atoms with Gasteiger partial charge in [0, 0.05) is 5.69 Å². The molecule has 0 aromatic heterocycles. The largest absolute Gasteiger partial charge is 0.507 e. The fourth-order valence-electron chi connectivity index (χ4n) is 2.05. The number of amides is 1. The zero-order chi connectivity index (χ0) is 17.0. The van der Waals surface area contributed by atoms with Gasteiger partial charge in [-0.25, -0.2) is 9.59 Å². The number of carbonyl (C=O) groups is 3. The van der Waals surface area contributed by atoms with Crippen molar-refractivity contribution in [2.24, 2.45) is 0 Å². The SMILES string of the molecule is O=C(Cc1ccccc1C(=O)O)Nc1ccc(O)c(C(=O)O)c1. The first-order valence-corrected chi connectivity index (χ1v) is 6.56. The third-order valence-electron chi connectivity index (χ3n) is 3.11. The highest BCUT2D eigenvalue weighted by molar-refractivity contribution is 5.98. The third-order valence-corrected chi connectivity index (χ3v) is 3.11. The second-order valence-electron chi connectivity index (χ2n) is 4.72. The first-order valence-electron chi connectivity index (χ1n) is 6.56. The summed E-state index contributed by atoms with van der Waals surface area (Å²) in [5.41, 5.74) is 0.223. The van der Waals surface area contributed by atoms with Crippen molar-refractivity contribution >= 4 is 23.5 Å². The second-order valence-corrected chi connectivity index (χ2v) is 4.72. The summed E-state index contributed by atoms with van der Waals surface area (Å²) >= 11 is 0. The van der Waals surface area contributed by atoms with Gasteiger partial charge in [-0.3, -0.25) is 4.79 Å². The average molecular weight is 315 g/mol. The van der Waals surface area contributed by atoms with E-state index in [1.54, 1.807) is 12.1 Å². The molecule has 2 rings (SSSR count). The van der Waals surface area contributed by atoms with Crippen molar-refractivity contribution < 1.29 is 29.7 Å². The molecule has 0 fully saturated rings. The number of phenols is 1. The zero-order valence-electron chi connectivity index (χ0n) is 11.8. The van der Waals surface area contributed by atoms with Crippen molar-refractivity contribution in [3.63, 3.8) is 0 Å². The Balaban J connectivity index is 2.16. The van der Waals surface area contributed by atoms with E-state index in [0.29, 0.717) is 5.56 Å². The maximum atomic E-state index is 12.0. The van der Waals surface area contributed by atoms with Crippen LogP contribution in [0, 0.1) is 0 Å². The summed E-state index contributed by atoms with van der Waals surface area (Å²) in [4.78, 5) is 34.0. The van der Waals surface area contributed by atoms with E-state index in [0.717, 1.165) is 12.1 Å². The van der Waals surface area contributed by atoms with Crippen LogP contribution in [-0.4, -0.2) is 33.2 Å². The predicted molar refractivity (Wildman–Crippen MR) is 80.8 cm³/mol. The van der Waals surface area contributed by atoms with E-state index in [4.69, 9.17) is 10.2 Å². The number of nitrogens with one attached hydrogen (secondary N) is 1. The van der Waals surface area contributed by atoms with Crippen LogP contribution < -0.4 is 5.32 Å². The Morgan fingerprint density at radius 3 is 2.22 bits per heavy atom. The normalized spacial score (nSPS) is 10.1. The molecule has 118 valence electrons. The summed E-state index contributed by atoms with van der Waals surface area (Å²) in [7, 11) is 0. The molecule has 0 aliphatic carbocycles. The van der Waals surface area contributed by atoms with Gasteiger partial charge in [0.05, 0.1) is 12.0 Å². The first-order chi connectivity index (χ1) is 10.9. The van der Waals surface area contributed by atoms with Crippen LogP contribution in [-0.2, 0) is 11.2 Å². The monoisotopic (exact) mass is 315 g/mol. The highest BCUT2D eigenvalue weighted by Crippen LogP contribution is 2.21. The molecule has 0 saturated carbocycles. The number of carboxylic acid groups (broad SMARTS) is 2. The molecule has 0 heterocycles. The molecule has 0 aliphatic rings. The molecule has 23 heavy (non-hydrogen) atoms. The quantitative estimate of drug-likeness (QED) is 0.625. The lowest BCUT2D eigenvalue weighted by atomic mass is 10.0. The van der Waals surface area contributed by atoms with Crippen molar-refractivity contribution in [2.75, 3.05) is 5.32 Å². The van der Waals surface area contributed by atoms with Crippen LogP contribution >= 0.6 is 0 Å². The summed E-state index contributed by atoms with van der Waals surface area (Å²) in [6.07, 6.45) is -0.175. The fourth-order valence-corrected chi connectivity index (χ4v) is 2.05. The number of carbonyl (C=O) groups excluding carboxylic acids is 1. The molecule has 0 aliphatic heterocycles. The molecule has 0 atom stereocenters. The molecule has 4 N–H and O–H groups in total. The van der Waals surface area contributed by atoms with Crippen LogP contribution in [0.1, 0.15) is 26.3 Å². The van der Waals surface area contributed by atoms with Gasteiger partial charge in [0.2, 0.25) is 5.91 Å². The number of rotatable bonds is 5. The van der Waals surface area contributed by atoms with Crippen LogP contribution in [0.2, 0.25) is 0 Å². The highest BCUT2D eigenvalue weighted by atomic mass is 16.4. The van der Waals surface area contributed by atoms with Gasteiger partial charge in [0.25, 0.3) is 0 Å². The molecule has 0 bridgehead atoms. The van der Waals surface area contributed by atoms with E-state index in [2.05, 4.69) is 5.32 Å². The Bertz CT molecular complexity index is 784. The van der Waals surface area contributed by atoms with Crippen LogP contribution in [0.25, 0.3) is 0 Å². The maximum absolute atomic E-state index is 12.0. The van der Waals surface area contributed by atoms with Crippen molar-refractivity contribution in [3.8, 4) is 5.75 Å². The van der Waals surface area contributed by atoms with Crippen LogP contribution in [0.3, 0.4) is 0 Å². The minimum atomic E-state index is -1.32. The summed E-state index contributed by atoms with van der Waals surface area (Å²) < 4.78 is 0. The number of benzene rings is 2. The lowest BCUT2D eigenvalue weighted by Crippen LogP contribution is -2.16. The number of hydrogen-bond acceptors (Lipinski definition) is 4. The Morgan fingerprint density at radius 1 is 0.913 bits per heavy atom. The smallest absolute Gasteiger partial charge is 0.339 e. The summed E-state index contributed by atoms with van der Waals surface area (Å²) in [5.74, 6) is -3.37. The van der Waals surface area contributed by atoms with Gasteiger partial charge in [0.1, 0.15) is 11.3 Å². The van der Waals surface area contributed by atoms with Crippen molar-refractivity contribution in [1.29, 1.82) is 0 Å². The fraction of sp³-hybridized carbons (Fsp3) is 0.0625. The first kappa shape index (κ1) is 16.0. The third kappa shape index (κ3) is 3.85. The molecule has 2 aromatic carbocycles. The van der Waals surface area contributed by atoms with Gasteiger partial charge in [-0.2, -0.15) is 0 Å². The summed E-state index contributed by atoms with van der Waals surface area (Å²) in [6, 6.07) is 9.74. The van der Waals surface area contributed by atoms with Gasteiger partial charge in [-0.15, -0.1) is 0 Å². The topological polar surface area (TPSA) is 124 Å².